The number of carbonyl (C=O) groups is 1. The van der Waals surface area contributed by atoms with Crippen LogP contribution in [-0.2, 0) is 6.54 Å². The number of amides is 1. The molecule has 5 heteroatoms. The Hall–Kier alpha value is -2.53. The lowest BCUT2D eigenvalue weighted by Gasteiger charge is -2.02. The van der Waals surface area contributed by atoms with E-state index in [2.05, 4.69) is 14.7 Å². The summed E-state index contributed by atoms with van der Waals surface area (Å²) >= 11 is 1.21. The van der Waals surface area contributed by atoms with Gasteiger partial charge in [0.25, 0.3) is 5.91 Å². The fraction of sp³-hybridized carbons (Fsp3) is 0.0625. The van der Waals surface area contributed by atoms with Crippen molar-refractivity contribution in [1.29, 1.82) is 0 Å². The van der Waals surface area contributed by atoms with Crippen LogP contribution in [0.25, 0.3) is 11.3 Å². The molecule has 4 nitrogen and oxygen atoms in total. The topological polar surface area (TPSA) is 54.9 Å². The minimum atomic E-state index is -0.112. The number of hydrogen-bond donors (Lipinski definition) is 1. The number of nitrogens with zero attached hydrogens (tertiary/aromatic N) is 2. The van der Waals surface area contributed by atoms with Crippen molar-refractivity contribution in [3.8, 4) is 11.3 Å². The van der Waals surface area contributed by atoms with E-state index in [1.54, 1.807) is 12.4 Å². The van der Waals surface area contributed by atoms with Gasteiger partial charge >= 0.3 is 0 Å². The fourth-order valence-electron chi connectivity index (χ4n) is 1.90. The Morgan fingerprint density at radius 3 is 2.76 bits per heavy atom. The van der Waals surface area contributed by atoms with Crippen molar-refractivity contribution >= 4 is 17.4 Å². The van der Waals surface area contributed by atoms with Crippen LogP contribution in [-0.4, -0.2) is 15.3 Å². The molecule has 2 aromatic heterocycles. The first kappa shape index (κ1) is 13.5. The Morgan fingerprint density at radius 1 is 1.14 bits per heavy atom. The second-order valence-electron chi connectivity index (χ2n) is 4.49. The molecule has 0 saturated heterocycles. The molecule has 0 atom stereocenters. The molecule has 1 N–H and O–H groups in total. The van der Waals surface area contributed by atoms with E-state index < -0.39 is 0 Å². The molecule has 0 fully saturated rings. The van der Waals surface area contributed by atoms with Gasteiger partial charge in [-0.1, -0.05) is 36.4 Å². The molecule has 0 saturated carbocycles. The van der Waals surface area contributed by atoms with Gasteiger partial charge in [0, 0.05) is 24.5 Å². The van der Waals surface area contributed by atoms with Crippen molar-refractivity contribution in [1.82, 2.24) is 14.7 Å². The molecule has 104 valence electrons. The molecule has 0 unspecified atom stereocenters. The van der Waals surface area contributed by atoms with Gasteiger partial charge in [-0.15, -0.1) is 0 Å². The minimum Gasteiger partial charge on any atom is -0.347 e. The van der Waals surface area contributed by atoms with Gasteiger partial charge in [-0.2, -0.15) is 4.37 Å². The van der Waals surface area contributed by atoms with E-state index in [4.69, 9.17) is 0 Å². The van der Waals surface area contributed by atoms with Gasteiger partial charge < -0.3 is 5.32 Å². The molecule has 3 aromatic rings. The van der Waals surface area contributed by atoms with Crippen LogP contribution in [0, 0.1) is 0 Å². The van der Waals surface area contributed by atoms with Gasteiger partial charge in [0.2, 0.25) is 0 Å². The summed E-state index contributed by atoms with van der Waals surface area (Å²) in [4.78, 5) is 16.7. The van der Waals surface area contributed by atoms with E-state index >= 15 is 0 Å². The van der Waals surface area contributed by atoms with Crippen LogP contribution in [0.4, 0.5) is 0 Å². The van der Waals surface area contributed by atoms with Gasteiger partial charge in [-0.05, 0) is 29.2 Å². The third-order valence-electron chi connectivity index (χ3n) is 2.98. The Balaban J connectivity index is 1.67. The third-order valence-corrected chi connectivity index (χ3v) is 3.77. The fourth-order valence-corrected chi connectivity index (χ4v) is 2.57. The lowest BCUT2D eigenvalue weighted by atomic mass is 10.1. The summed E-state index contributed by atoms with van der Waals surface area (Å²) in [6.45, 7) is 0.464. The van der Waals surface area contributed by atoms with Crippen molar-refractivity contribution in [2.75, 3.05) is 0 Å². The molecule has 0 spiro atoms. The highest BCUT2D eigenvalue weighted by atomic mass is 32.1. The van der Waals surface area contributed by atoms with Crippen molar-refractivity contribution in [3.05, 3.63) is 71.4 Å². The van der Waals surface area contributed by atoms with Gasteiger partial charge in [-0.25, -0.2) is 0 Å². The summed E-state index contributed by atoms with van der Waals surface area (Å²) in [6.07, 6.45) is 3.45. The summed E-state index contributed by atoms with van der Waals surface area (Å²) in [6, 6.07) is 15.4. The van der Waals surface area contributed by atoms with Crippen LogP contribution < -0.4 is 5.32 Å². The first-order valence-corrected chi connectivity index (χ1v) is 7.29. The maximum absolute atomic E-state index is 12.1. The predicted octanol–water partition coefficient (Wildman–Crippen LogP) is 3.14. The van der Waals surface area contributed by atoms with Crippen LogP contribution >= 0.6 is 11.5 Å². The molecule has 0 bridgehead atoms. The molecular formula is C16H13N3OS. The zero-order valence-corrected chi connectivity index (χ0v) is 12.0. The summed E-state index contributed by atoms with van der Waals surface area (Å²) in [7, 11) is 0. The highest BCUT2D eigenvalue weighted by Crippen LogP contribution is 2.21. The summed E-state index contributed by atoms with van der Waals surface area (Å²) in [5.41, 5.74) is 2.81. The largest absolute Gasteiger partial charge is 0.347 e. The quantitative estimate of drug-likeness (QED) is 0.804. The van der Waals surface area contributed by atoms with Crippen molar-refractivity contribution < 1.29 is 4.79 Å². The van der Waals surface area contributed by atoms with E-state index in [1.807, 2.05) is 48.5 Å². The molecule has 3 rings (SSSR count). The second-order valence-corrected chi connectivity index (χ2v) is 5.29. The second kappa shape index (κ2) is 6.28. The molecule has 2 heterocycles. The number of pyridine rings is 1. The van der Waals surface area contributed by atoms with Crippen LogP contribution in [0.2, 0.25) is 0 Å². The first-order valence-electron chi connectivity index (χ1n) is 6.52. The van der Waals surface area contributed by atoms with Gasteiger partial charge in [-0.3, -0.25) is 9.78 Å². The average Bonchev–Trinajstić information content (AvgIpc) is 3.04. The zero-order valence-electron chi connectivity index (χ0n) is 11.2. The van der Waals surface area contributed by atoms with E-state index in [0.29, 0.717) is 11.4 Å². The Kier molecular flexibility index (Phi) is 4.02. The number of hydrogen-bond acceptors (Lipinski definition) is 4. The monoisotopic (exact) mass is 295 g/mol. The summed E-state index contributed by atoms with van der Waals surface area (Å²) in [5, 5.41) is 2.87. The van der Waals surface area contributed by atoms with Gasteiger partial charge in [0.1, 0.15) is 4.88 Å². The van der Waals surface area contributed by atoms with Crippen LogP contribution in [0.15, 0.2) is 60.9 Å². The molecular weight excluding hydrogens is 282 g/mol. The number of aromatic nitrogens is 2. The molecule has 0 aliphatic rings. The number of benzene rings is 1. The number of carbonyl (C=O) groups excluding carboxylic acids is 1. The third kappa shape index (κ3) is 3.32. The molecule has 0 aliphatic carbocycles. The van der Waals surface area contributed by atoms with E-state index in [1.165, 1.54) is 11.5 Å². The maximum Gasteiger partial charge on any atom is 0.263 e. The molecule has 0 radical (unpaired) electrons. The average molecular weight is 295 g/mol. The SMILES string of the molecule is O=C(NCc1cccnc1)c1cc(-c2ccccc2)ns1. The zero-order chi connectivity index (χ0) is 14.5. The summed E-state index contributed by atoms with van der Waals surface area (Å²) in [5.74, 6) is -0.112. The maximum atomic E-state index is 12.1. The highest BCUT2D eigenvalue weighted by Gasteiger charge is 2.11. The number of nitrogens with one attached hydrogen (secondary N) is 1. The molecule has 0 aliphatic heterocycles. The van der Waals surface area contributed by atoms with Crippen molar-refractivity contribution in [3.63, 3.8) is 0 Å². The van der Waals surface area contributed by atoms with Crippen LogP contribution in [0.5, 0.6) is 0 Å². The summed E-state index contributed by atoms with van der Waals surface area (Å²) < 4.78 is 4.33. The molecule has 21 heavy (non-hydrogen) atoms. The molecule has 1 amide bonds. The first-order chi connectivity index (χ1) is 10.3. The Bertz CT molecular complexity index is 726. The normalized spacial score (nSPS) is 10.3. The highest BCUT2D eigenvalue weighted by molar-refractivity contribution is 7.08. The van der Waals surface area contributed by atoms with Crippen LogP contribution in [0.1, 0.15) is 15.2 Å². The van der Waals surface area contributed by atoms with Crippen LogP contribution in [0.3, 0.4) is 0 Å². The lowest BCUT2D eigenvalue weighted by molar-refractivity contribution is 0.0955. The van der Waals surface area contributed by atoms with Crippen molar-refractivity contribution in [2.45, 2.75) is 6.54 Å². The van der Waals surface area contributed by atoms with Crippen molar-refractivity contribution in [2.24, 2.45) is 0 Å². The van der Waals surface area contributed by atoms with E-state index in [-0.39, 0.29) is 5.91 Å². The number of rotatable bonds is 4. The van der Waals surface area contributed by atoms with E-state index in [0.717, 1.165) is 16.8 Å². The Morgan fingerprint density at radius 2 is 2.00 bits per heavy atom. The molecule has 1 aromatic carbocycles. The predicted molar refractivity (Wildman–Crippen MR) is 83.0 cm³/mol. The minimum absolute atomic E-state index is 0.112. The Labute approximate surface area is 126 Å². The lowest BCUT2D eigenvalue weighted by Crippen LogP contribution is -2.21. The van der Waals surface area contributed by atoms with Gasteiger partial charge in [0.05, 0.1) is 5.69 Å². The van der Waals surface area contributed by atoms with Gasteiger partial charge in [0.15, 0.2) is 0 Å². The van der Waals surface area contributed by atoms with E-state index in [9.17, 15) is 4.79 Å². The standard InChI is InChI=1S/C16H13N3OS/c20-16(18-11-12-5-4-8-17-10-12)15-9-14(19-21-15)13-6-2-1-3-7-13/h1-10H,11H2,(H,18,20). The smallest absolute Gasteiger partial charge is 0.263 e.